The molecule has 0 saturated carbocycles. The first kappa shape index (κ1) is 23.3. The van der Waals surface area contributed by atoms with E-state index >= 15 is 0 Å². The minimum absolute atomic E-state index is 0.266. The van der Waals surface area contributed by atoms with E-state index in [1.165, 1.54) is 10.3 Å². The van der Waals surface area contributed by atoms with E-state index in [1.54, 1.807) is 29.0 Å². The van der Waals surface area contributed by atoms with Crippen molar-refractivity contribution in [3.8, 4) is 21.1 Å². The van der Waals surface area contributed by atoms with E-state index in [4.69, 9.17) is 5.73 Å². The molecule has 36 heavy (non-hydrogen) atoms. The van der Waals surface area contributed by atoms with E-state index in [9.17, 15) is 4.79 Å². The Morgan fingerprint density at radius 3 is 2.78 bits per heavy atom. The highest BCUT2D eigenvalue weighted by atomic mass is 32.1. The number of carbonyl (C=O) groups is 1. The topological polar surface area (TPSA) is 118 Å². The first-order chi connectivity index (χ1) is 17.4. The summed E-state index contributed by atoms with van der Waals surface area (Å²) in [5.41, 5.74) is 12.0. The van der Waals surface area contributed by atoms with Crippen LogP contribution in [0.3, 0.4) is 0 Å². The maximum atomic E-state index is 11.2. The van der Waals surface area contributed by atoms with Gasteiger partial charge >= 0.3 is 0 Å². The van der Waals surface area contributed by atoms with Gasteiger partial charge < -0.3 is 10.7 Å². The van der Waals surface area contributed by atoms with Crippen LogP contribution in [0.2, 0.25) is 0 Å². The van der Waals surface area contributed by atoms with E-state index in [0.717, 1.165) is 68.8 Å². The molecule has 0 unspecified atom stereocenters. The summed E-state index contributed by atoms with van der Waals surface area (Å²) in [5.74, 6) is 0.471. The number of thiophene rings is 1. The fraction of sp³-hybridized carbons (Fsp3) is 0.400. The molecule has 0 aliphatic carbocycles. The molecule has 0 spiro atoms. The van der Waals surface area contributed by atoms with Gasteiger partial charge in [-0.25, -0.2) is 9.50 Å². The van der Waals surface area contributed by atoms with E-state index in [1.807, 2.05) is 10.7 Å². The Bertz CT molecular complexity index is 1570. The second kappa shape index (κ2) is 9.06. The number of primary amides is 1. The van der Waals surface area contributed by atoms with Gasteiger partial charge in [-0.1, -0.05) is 25.2 Å². The van der Waals surface area contributed by atoms with Gasteiger partial charge in [-0.3, -0.25) is 9.69 Å². The molecule has 0 aromatic carbocycles. The molecule has 9 nitrogen and oxygen atoms in total. The molecular weight excluding hydrogens is 492 g/mol. The lowest BCUT2D eigenvalue weighted by Gasteiger charge is -2.29. The lowest BCUT2D eigenvalue weighted by Crippen LogP contribution is -2.39. The Balaban J connectivity index is 1.30. The zero-order valence-electron chi connectivity index (χ0n) is 20.5. The highest BCUT2D eigenvalue weighted by molar-refractivity contribution is 7.26. The van der Waals surface area contributed by atoms with Crippen LogP contribution < -0.4 is 5.73 Å². The third-order valence-corrected chi connectivity index (χ3v) is 9.32. The van der Waals surface area contributed by atoms with Gasteiger partial charge in [-0.15, -0.1) is 21.5 Å². The molecule has 0 bridgehead atoms. The maximum absolute atomic E-state index is 11.2. The Morgan fingerprint density at radius 2 is 2.03 bits per heavy atom. The van der Waals surface area contributed by atoms with Crippen molar-refractivity contribution in [1.29, 1.82) is 0 Å². The number of nitrogens with two attached hydrogens (primary N) is 1. The molecule has 0 radical (unpaired) electrons. The molecule has 5 aromatic heterocycles. The van der Waals surface area contributed by atoms with Gasteiger partial charge in [0.15, 0.2) is 10.7 Å². The van der Waals surface area contributed by atoms with Crippen molar-refractivity contribution < 1.29 is 4.79 Å². The van der Waals surface area contributed by atoms with Crippen LogP contribution in [-0.2, 0) is 4.79 Å². The molecule has 1 saturated heterocycles. The van der Waals surface area contributed by atoms with Crippen LogP contribution in [0.4, 0.5) is 0 Å². The number of nitrogens with zero attached hydrogens (tertiary/aromatic N) is 6. The number of likely N-dealkylation sites (tertiary alicyclic amines) is 1. The number of hydrogen-bond donors (Lipinski definition) is 2. The number of piperidine rings is 1. The van der Waals surface area contributed by atoms with Crippen molar-refractivity contribution in [3.63, 3.8) is 0 Å². The lowest BCUT2D eigenvalue weighted by molar-refractivity contribution is -0.119. The average Bonchev–Trinajstić information content (AvgIpc) is 3.60. The highest BCUT2D eigenvalue weighted by Gasteiger charge is 2.26. The van der Waals surface area contributed by atoms with Crippen LogP contribution in [0, 0.1) is 6.92 Å². The summed E-state index contributed by atoms with van der Waals surface area (Å²) in [6, 6.07) is 4.38. The zero-order chi connectivity index (χ0) is 25.0. The van der Waals surface area contributed by atoms with Crippen molar-refractivity contribution >= 4 is 44.4 Å². The SMILES string of the molecule is Cc1cc(-c2[nH]c3cc(-c4nnc(C5CCN(CC(N)=O)CC5)s4)sc3c2C(C)C)cn2ncnc12. The minimum atomic E-state index is -0.266. The number of H-pyrrole nitrogens is 1. The van der Waals surface area contributed by atoms with Crippen LogP contribution in [0.15, 0.2) is 24.7 Å². The predicted octanol–water partition coefficient (Wildman–Crippen LogP) is 4.55. The van der Waals surface area contributed by atoms with E-state index in [0.29, 0.717) is 18.4 Å². The van der Waals surface area contributed by atoms with Gasteiger partial charge in [-0.05, 0) is 62.0 Å². The van der Waals surface area contributed by atoms with Gasteiger partial charge in [0.2, 0.25) is 5.91 Å². The Kier molecular flexibility index (Phi) is 5.85. The van der Waals surface area contributed by atoms with Gasteiger partial charge in [0.05, 0.1) is 27.3 Å². The van der Waals surface area contributed by atoms with Crippen molar-refractivity contribution in [3.05, 3.63) is 40.8 Å². The maximum Gasteiger partial charge on any atom is 0.231 e. The summed E-state index contributed by atoms with van der Waals surface area (Å²) >= 11 is 3.47. The first-order valence-corrected chi connectivity index (χ1v) is 13.8. The van der Waals surface area contributed by atoms with Crippen molar-refractivity contribution in [2.45, 2.75) is 45.4 Å². The number of aromatic amines is 1. The summed E-state index contributed by atoms with van der Waals surface area (Å²) in [6.07, 6.45) is 5.59. The van der Waals surface area contributed by atoms with Crippen molar-refractivity contribution in [1.82, 2.24) is 34.7 Å². The fourth-order valence-electron chi connectivity index (χ4n) is 5.17. The van der Waals surface area contributed by atoms with Crippen molar-refractivity contribution in [2.75, 3.05) is 19.6 Å². The summed E-state index contributed by atoms with van der Waals surface area (Å²) in [7, 11) is 0. The van der Waals surface area contributed by atoms with Crippen LogP contribution in [-0.4, -0.2) is 60.2 Å². The zero-order valence-corrected chi connectivity index (χ0v) is 22.1. The second-order valence-corrected chi connectivity index (χ2v) is 11.9. The minimum Gasteiger partial charge on any atom is -0.369 e. The number of aryl methyl sites for hydroxylation is 1. The number of pyridine rings is 1. The van der Waals surface area contributed by atoms with Crippen LogP contribution >= 0.6 is 22.7 Å². The number of fused-ring (bicyclic) bond motifs is 2. The van der Waals surface area contributed by atoms with Crippen molar-refractivity contribution in [2.24, 2.45) is 5.73 Å². The summed E-state index contributed by atoms with van der Waals surface area (Å²) < 4.78 is 3.11. The number of nitrogens with one attached hydrogen (secondary N) is 1. The molecule has 186 valence electrons. The number of hydrogen-bond acceptors (Lipinski definition) is 8. The predicted molar refractivity (Wildman–Crippen MR) is 143 cm³/mol. The van der Waals surface area contributed by atoms with Gasteiger partial charge in [-0.2, -0.15) is 5.10 Å². The van der Waals surface area contributed by atoms with E-state index in [-0.39, 0.29) is 5.91 Å². The molecule has 6 rings (SSSR count). The normalized spacial score (nSPS) is 15.6. The largest absolute Gasteiger partial charge is 0.369 e. The van der Waals surface area contributed by atoms with Gasteiger partial charge in [0, 0.05) is 17.7 Å². The molecule has 1 fully saturated rings. The monoisotopic (exact) mass is 520 g/mol. The number of rotatable bonds is 6. The average molecular weight is 521 g/mol. The Hall–Kier alpha value is -3.15. The standard InChI is InChI=1S/C25H28N8OS2/c1-13(2)20-21(16-8-14(3)23-27-12-28-33(23)10-16)29-17-9-18(35-22(17)20)25-31-30-24(36-25)15-4-6-32(7-5-15)11-19(26)34/h8-10,12-13,15,29H,4-7,11H2,1-3H3,(H2,26,34). The van der Waals surface area contributed by atoms with E-state index in [2.05, 4.69) is 63.1 Å². The third-order valence-electron chi connectivity index (χ3n) is 6.90. The quantitative estimate of drug-likeness (QED) is 0.339. The molecule has 6 heterocycles. The van der Waals surface area contributed by atoms with E-state index < -0.39 is 0 Å². The molecule has 1 aliphatic rings. The van der Waals surface area contributed by atoms with Crippen LogP contribution in [0.1, 0.15) is 54.7 Å². The molecular formula is C25H28N8OS2. The lowest BCUT2D eigenvalue weighted by atomic mass is 9.98. The van der Waals surface area contributed by atoms with Crippen LogP contribution in [0.5, 0.6) is 0 Å². The van der Waals surface area contributed by atoms with Gasteiger partial charge in [0.25, 0.3) is 0 Å². The molecule has 1 amide bonds. The number of carbonyl (C=O) groups excluding carboxylic acids is 1. The smallest absolute Gasteiger partial charge is 0.231 e. The first-order valence-electron chi connectivity index (χ1n) is 12.2. The van der Waals surface area contributed by atoms with Gasteiger partial charge in [0.1, 0.15) is 11.3 Å². The second-order valence-electron chi connectivity index (χ2n) is 9.82. The molecule has 5 aromatic rings. The fourth-order valence-corrected chi connectivity index (χ4v) is 7.54. The highest BCUT2D eigenvalue weighted by Crippen LogP contribution is 2.44. The molecule has 0 atom stereocenters. The molecule has 11 heteroatoms. The summed E-state index contributed by atoms with van der Waals surface area (Å²) in [6.45, 7) is 8.61. The summed E-state index contributed by atoms with van der Waals surface area (Å²) in [4.78, 5) is 22.5. The molecule has 1 aliphatic heterocycles. The third kappa shape index (κ3) is 4.10. The number of aromatic nitrogens is 6. The number of amides is 1. The Labute approximate surface area is 216 Å². The molecule has 3 N–H and O–H groups in total. The van der Waals surface area contributed by atoms with Crippen LogP contribution in [0.25, 0.3) is 37.0 Å². The Morgan fingerprint density at radius 1 is 1.22 bits per heavy atom. The summed E-state index contributed by atoms with van der Waals surface area (Å²) in [5, 5.41) is 15.5.